The zero-order valence-corrected chi connectivity index (χ0v) is 7.15. The summed E-state index contributed by atoms with van der Waals surface area (Å²) >= 11 is 0. The molecule has 1 aliphatic rings. The second kappa shape index (κ2) is 3.38. The Morgan fingerprint density at radius 3 is 2.50 bits per heavy atom. The summed E-state index contributed by atoms with van der Waals surface area (Å²) in [5.41, 5.74) is 0.630. The van der Waals surface area contributed by atoms with E-state index in [0.29, 0.717) is 5.41 Å². The van der Waals surface area contributed by atoms with Crippen molar-refractivity contribution in [1.82, 2.24) is 0 Å². The summed E-state index contributed by atoms with van der Waals surface area (Å²) in [5, 5.41) is 0. The van der Waals surface area contributed by atoms with E-state index in [4.69, 9.17) is 4.74 Å². The van der Waals surface area contributed by atoms with Crippen LogP contribution in [0.15, 0.2) is 0 Å². The summed E-state index contributed by atoms with van der Waals surface area (Å²) in [4.78, 5) is 0. The molecule has 0 N–H and O–H groups in total. The topological polar surface area (TPSA) is 9.23 Å². The Morgan fingerprint density at radius 1 is 1.40 bits per heavy atom. The first-order valence-electron chi connectivity index (χ1n) is 4.32. The van der Waals surface area contributed by atoms with Gasteiger partial charge in [0.2, 0.25) is 0 Å². The molecule has 1 aliphatic carbocycles. The SMILES string of the molecule is CCCCC1(COC)CC1. The molecule has 0 saturated heterocycles. The minimum absolute atomic E-state index is 0.630. The molecule has 0 bridgehead atoms. The van der Waals surface area contributed by atoms with Gasteiger partial charge in [0.1, 0.15) is 0 Å². The summed E-state index contributed by atoms with van der Waals surface area (Å²) in [5.74, 6) is 0. The molecule has 10 heavy (non-hydrogen) atoms. The molecule has 0 aromatic carbocycles. The molecule has 1 fully saturated rings. The van der Waals surface area contributed by atoms with Gasteiger partial charge in [-0.05, 0) is 24.7 Å². The molecule has 1 rings (SSSR count). The molecule has 0 aromatic rings. The van der Waals surface area contributed by atoms with Crippen LogP contribution in [0.25, 0.3) is 0 Å². The highest BCUT2D eigenvalue weighted by Crippen LogP contribution is 2.49. The van der Waals surface area contributed by atoms with Gasteiger partial charge in [-0.3, -0.25) is 0 Å². The third-order valence-corrected chi connectivity index (χ3v) is 2.47. The van der Waals surface area contributed by atoms with E-state index >= 15 is 0 Å². The Kier molecular flexibility index (Phi) is 2.72. The van der Waals surface area contributed by atoms with Gasteiger partial charge in [-0.2, -0.15) is 0 Å². The molecule has 1 nitrogen and oxygen atoms in total. The molecule has 1 heteroatoms. The number of hydrogen-bond acceptors (Lipinski definition) is 1. The maximum atomic E-state index is 5.17. The van der Waals surface area contributed by atoms with Crippen molar-refractivity contribution in [3.63, 3.8) is 0 Å². The molecule has 60 valence electrons. The molecule has 1 saturated carbocycles. The highest BCUT2D eigenvalue weighted by molar-refractivity contribution is 4.92. The fourth-order valence-electron chi connectivity index (χ4n) is 1.50. The molecule has 0 radical (unpaired) electrons. The highest BCUT2D eigenvalue weighted by atomic mass is 16.5. The Hall–Kier alpha value is -0.0400. The Bertz CT molecular complexity index is 94.9. The molecular formula is C9H18O. The first kappa shape index (κ1) is 8.06. The van der Waals surface area contributed by atoms with E-state index in [9.17, 15) is 0 Å². The van der Waals surface area contributed by atoms with Crippen LogP contribution in [0.4, 0.5) is 0 Å². The van der Waals surface area contributed by atoms with Gasteiger partial charge in [-0.1, -0.05) is 19.8 Å². The lowest BCUT2D eigenvalue weighted by molar-refractivity contribution is 0.135. The van der Waals surface area contributed by atoms with Crippen molar-refractivity contribution in [3.8, 4) is 0 Å². The van der Waals surface area contributed by atoms with Crippen LogP contribution in [0.1, 0.15) is 39.0 Å². The van der Waals surface area contributed by atoms with Crippen LogP contribution >= 0.6 is 0 Å². The van der Waals surface area contributed by atoms with Crippen LogP contribution in [-0.2, 0) is 4.74 Å². The molecular weight excluding hydrogens is 124 g/mol. The molecule has 0 aromatic heterocycles. The van der Waals surface area contributed by atoms with E-state index < -0.39 is 0 Å². The van der Waals surface area contributed by atoms with Crippen LogP contribution in [0, 0.1) is 5.41 Å². The smallest absolute Gasteiger partial charge is 0.0518 e. The predicted molar refractivity (Wildman–Crippen MR) is 43.1 cm³/mol. The minimum atomic E-state index is 0.630. The third kappa shape index (κ3) is 1.98. The van der Waals surface area contributed by atoms with Crippen LogP contribution in [0.2, 0.25) is 0 Å². The number of rotatable bonds is 5. The lowest BCUT2D eigenvalue weighted by atomic mass is 10.0. The molecule has 0 atom stereocenters. The number of unbranched alkanes of at least 4 members (excludes halogenated alkanes) is 1. The highest BCUT2D eigenvalue weighted by Gasteiger charge is 2.41. The number of hydrogen-bond donors (Lipinski definition) is 0. The van der Waals surface area contributed by atoms with Crippen molar-refractivity contribution in [3.05, 3.63) is 0 Å². The Balaban J connectivity index is 2.11. The predicted octanol–water partition coefficient (Wildman–Crippen LogP) is 2.60. The average Bonchev–Trinajstić information content (AvgIpc) is 2.67. The van der Waals surface area contributed by atoms with E-state index in [2.05, 4.69) is 6.92 Å². The molecule has 0 aliphatic heterocycles. The summed E-state index contributed by atoms with van der Waals surface area (Å²) < 4.78 is 5.17. The quantitative estimate of drug-likeness (QED) is 0.573. The monoisotopic (exact) mass is 142 g/mol. The van der Waals surface area contributed by atoms with Gasteiger partial charge in [0.15, 0.2) is 0 Å². The molecule has 0 spiro atoms. The molecule has 0 unspecified atom stereocenters. The van der Waals surface area contributed by atoms with Crippen LogP contribution in [-0.4, -0.2) is 13.7 Å². The van der Waals surface area contributed by atoms with Gasteiger partial charge in [-0.25, -0.2) is 0 Å². The summed E-state index contributed by atoms with van der Waals surface area (Å²) in [6.07, 6.45) is 6.90. The van der Waals surface area contributed by atoms with E-state index in [-0.39, 0.29) is 0 Å². The fourth-order valence-corrected chi connectivity index (χ4v) is 1.50. The van der Waals surface area contributed by atoms with E-state index in [1.54, 1.807) is 0 Å². The zero-order chi connectivity index (χ0) is 7.45. The average molecular weight is 142 g/mol. The Labute approximate surface area is 63.8 Å². The van der Waals surface area contributed by atoms with Crippen LogP contribution in [0.3, 0.4) is 0 Å². The summed E-state index contributed by atoms with van der Waals surface area (Å²) in [7, 11) is 1.81. The van der Waals surface area contributed by atoms with Gasteiger partial charge >= 0.3 is 0 Å². The van der Waals surface area contributed by atoms with Crippen molar-refractivity contribution in [2.75, 3.05) is 13.7 Å². The molecule has 0 amide bonds. The van der Waals surface area contributed by atoms with Crippen molar-refractivity contribution in [1.29, 1.82) is 0 Å². The largest absolute Gasteiger partial charge is 0.384 e. The van der Waals surface area contributed by atoms with Gasteiger partial charge in [0, 0.05) is 7.11 Å². The number of ether oxygens (including phenoxy) is 1. The van der Waals surface area contributed by atoms with Crippen molar-refractivity contribution in [2.45, 2.75) is 39.0 Å². The lowest BCUT2D eigenvalue weighted by Gasteiger charge is -2.11. The van der Waals surface area contributed by atoms with Gasteiger partial charge in [-0.15, -0.1) is 0 Å². The minimum Gasteiger partial charge on any atom is -0.384 e. The van der Waals surface area contributed by atoms with Crippen molar-refractivity contribution < 1.29 is 4.74 Å². The van der Waals surface area contributed by atoms with Gasteiger partial charge < -0.3 is 4.74 Å². The van der Waals surface area contributed by atoms with Gasteiger partial charge in [0.05, 0.1) is 6.61 Å². The maximum Gasteiger partial charge on any atom is 0.0518 e. The first-order chi connectivity index (χ1) is 4.83. The normalized spacial score (nSPS) is 21.0. The second-order valence-electron chi connectivity index (χ2n) is 3.54. The van der Waals surface area contributed by atoms with Crippen LogP contribution < -0.4 is 0 Å². The number of methoxy groups -OCH3 is 1. The van der Waals surface area contributed by atoms with E-state index in [0.717, 1.165) is 6.61 Å². The van der Waals surface area contributed by atoms with Crippen molar-refractivity contribution in [2.24, 2.45) is 5.41 Å². The fraction of sp³-hybridized carbons (Fsp3) is 1.00. The maximum absolute atomic E-state index is 5.17. The lowest BCUT2D eigenvalue weighted by Crippen LogP contribution is -2.08. The standard InChI is InChI=1S/C9H18O/c1-3-4-5-9(6-7-9)8-10-2/h3-8H2,1-2H3. The Morgan fingerprint density at radius 2 is 2.10 bits per heavy atom. The van der Waals surface area contributed by atoms with E-state index in [1.807, 2.05) is 7.11 Å². The van der Waals surface area contributed by atoms with Crippen molar-refractivity contribution >= 4 is 0 Å². The summed E-state index contributed by atoms with van der Waals surface area (Å²) in [6, 6.07) is 0. The van der Waals surface area contributed by atoms with E-state index in [1.165, 1.54) is 32.1 Å². The zero-order valence-electron chi connectivity index (χ0n) is 7.15. The van der Waals surface area contributed by atoms with Gasteiger partial charge in [0.25, 0.3) is 0 Å². The summed E-state index contributed by atoms with van der Waals surface area (Å²) in [6.45, 7) is 3.25. The molecule has 0 heterocycles. The van der Waals surface area contributed by atoms with Crippen LogP contribution in [0.5, 0.6) is 0 Å². The first-order valence-corrected chi connectivity index (χ1v) is 4.32. The second-order valence-corrected chi connectivity index (χ2v) is 3.54. The third-order valence-electron chi connectivity index (χ3n) is 2.47.